The SMILES string of the molecule is CC(=O)N[C@@H](C)C(=O)N[C@@H](CS)C(=O)N[C@H](C(=O)N[C@@H](CCC(=O)O)C(=O)N[C@@H](CCCN=C(N)N)C(=O)N[C@@H](CC(=O)O)C(=O)N[C@@H](C)C(=O)N[C@@H](CC(C)C)C(=O)N[C@@H](Cc1cnc[nH]1)C(=O)N[C@@H](CC(N)=O)C(=O)N[C@@H](CC(C)C)C(=O)N[C@@H](CS)C(=O)NCC(=O)NCC(N)=O)[C@@H](C)O. The molecule has 0 aliphatic carbocycles. The van der Waals surface area contributed by atoms with Crippen LogP contribution in [0.3, 0.4) is 0 Å². The Hall–Kier alpha value is -10.4. The maximum Gasteiger partial charge on any atom is 0.305 e. The van der Waals surface area contributed by atoms with Gasteiger partial charge in [0.15, 0.2) is 5.96 Å². The third kappa shape index (κ3) is 36.2. The van der Waals surface area contributed by atoms with Crippen LogP contribution in [0, 0.1) is 11.8 Å². The Morgan fingerprint density at radius 2 is 0.903 bits per heavy atom. The predicted octanol–water partition coefficient (Wildman–Crippen LogP) is -9.85. The lowest BCUT2D eigenvalue weighted by atomic mass is 10.0. The number of carbonyl (C=O) groups excluding carboxylic acids is 16. The quantitative estimate of drug-likeness (QED) is 0.0125. The molecule has 576 valence electrons. The lowest BCUT2D eigenvalue weighted by Gasteiger charge is -2.28. The van der Waals surface area contributed by atoms with E-state index in [1.165, 1.54) is 19.4 Å². The Kier molecular flexibility index (Phi) is 40.6. The van der Waals surface area contributed by atoms with E-state index in [1.54, 1.807) is 27.7 Å². The molecule has 1 heterocycles. The monoisotopic (exact) mass is 1500 g/mol. The minimum Gasteiger partial charge on any atom is -0.481 e. The fourth-order valence-electron chi connectivity index (χ4n) is 9.16. The number of hydrogen-bond acceptors (Lipinski definition) is 23. The number of aromatic amines is 1. The molecule has 0 saturated heterocycles. The number of amides is 16. The number of aliphatic hydroxyl groups excluding tert-OH is 1. The van der Waals surface area contributed by atoms with Gasteiger partial charge in [0, 0.05) is 49.7 Å². The van der Waals surface area contributed by atoms with Crippen LogP contribution in [0.15, 0.2) is 17.5 Å². The second-order valence-corrected chi connectivity index (χ2v) is 25.2. The predicted molar refractivity (Wildman–Crippen MR) is 369 cm³/mol. The third-order valence-electron chi connectivity index (χ3n) is 14.3. The molecular formula is C59H97N21O21S2. The largest absolute Gasteiger partial charge is 0.481 e. The molecule has 0 spiro atoms. The second-order valence-electron chi connectivity index (χ2n) is 24.4. The van der Waals surface area contributed by atoms with E-state index in [0.29, 0.717) is 0 Å². The zero-order chi connectivity index (χ0) is 78.5. The minimum absolute atomic E-state index is 0.0806. The molecule has 1 aromatic rings. The fourth-order valence-corrected chi connectivity index (χ4v) is 9.67. The number of aliphatic carboxylic acids is 2. The number of carboxylic acid groups (broad SMARTS) is 2. The van der Waals surface area contributed by atoms with Gasteiger partial charge >= 0.3 is 11.9 Å². The van der Waals surface area contributed by atoms with Gasteiger partial charge in [-0.15, -0.1) is 0 Å². The summed E-state index contributed by atoms with van der Waals surface area (Å²) in [6, 6.07) is -19.7. The zero-order valence-corrected chi connectivity index (χ0v) is 59.8. The van der Waals surface area contributed by atoms with Gasteiger partial charge in [-0.3, -0.25) is 91.3 Å². The molecule has 0 aromatic carbocycles. The molecule has 1 rings (SSSR count). The van der Waals surface area contributed by atoms with Crippen LogP contribution in [0.2, 0.25) is 0 Å². The first kappa shape index (κ1) is 90.6. The summed E-state index contributed by atoms with van der Waals surface area (Å²) in [6.07, 6.45) is -3.89. The summed E-state index contributed by atoms with van der Waals surface area (Å²) in [5.41, 5.74) is 21.7. The number of aromatic nitrogens is 2. The van der Waals surface area contributed by atoms with Crippen molar-refractivity contribution in [1.82, 2.24) is 84.4 Å². The van der Waals surface area contributed by atoms with Crippen molar-refractivity contribution < 1.29 is 102 Å². The Bertz CT molecular complexity index is 3190. The molecule has 26 N–H and O–H groups in total. The summed E-state index contributed by atoms with van der Waals surface area (Å²) in [5.74, 6) is -21.5. The van der Waals surface area contributed by atoms with Crippen molar-refractivity contribution in [2.24, 2.45) is 39.8 Å². The molecule has 13 atom stereocenters. The Morgan fingerprint density at radius 3 is 1.38 bits per heavy atom. The number of rotatable bonds is 48. The van der Waals surface area contributed by atoms with E-state index in [2.05, 4.69) is 115 Å². The summed E-state index contributed by atoms with van der Waals surface area (Å²) in [7, 11) is 0. The molecule has 0 aliphatic heterocycles. The number of H-pyrrole nitrogens is 1. The summed E-state index contributed by atoms with van der Waals surface area (Å²) in [6.45, 7) is 9.98. The van der Waals surface area contributed by atoms with Crippen molar-refractivity contribution >= 4 is 138 Å². The number of primary amides is 2. The Morgan fingerprint density at radius 1 is 0.476 bits per heavy atom. The molecular weight excluding hydrogens is 1400 g/mol. The van der Waals surface area contributed by atoms with Crippen molar-refractivity contribution in [1.29, 1.82) is 0 Å². The average molecular weight is 1500 g/mol. The van der Waals surface area contributed by atoms with Crippen molar-refractivity contribution in [3.8, 4) is 0 Å². The first-order valence-electron chi connectivity index (χ1n) is 32.2. The summed E-state index contributed by atoms with van der Waals surface area (Å²) >= 11 is 8.17. The van der Waals surface area contributed by atoms with E-state index in [0.717, 1.165) is 20.8 Å². The molecule has 0 aliphatic rings. The maximum atomic E-state index is 14.3. The van der Waals surface area contributed by atoms with Crippen LogP contribution in [-0.4, -0.2) is 247 Å². The van der Waals surface area contributed by atoms with E-state index in [-0.39, 0.29) is 61.3 Å². The van der Waals surface area contributed by atoms with Gasteiger partial charge in [-0.2, -0.15) is 25.3 Å². The highest BCUT2D eigenvalue weighted by Gasteiger charge is 2.38. The van der Waals surface area contributed by atoms with Gasteiger partial charge < -0.3 is 118 Å². The van der Waals surface area contributed by atoms with Gasteiger partial charge in [0.1, 0.15) is 72.5 Å². The Balaban J connectivity index is 3.57. The number of carboxylic acids is 2. The Labute approximate surface area is 602 Å². The molecule has 103 heavy (non-hydrogen) atoms. The van der Waals surface area contributed by atoms with Crippen LogP contribution in [0.25, 0.3) is 0 Å². The summed E-state index contributed by atoms with van der Waals surface area (Å²) < 4.78 is 0. The maximum absolute atomic E-state index is 14.3. The van der Waals surface area contributed by atoms with Crippen molar-refractivity contribution in [2.75, 3.05) is 31.1 Å². The van der Waals surface area contributed by atoms with Crippen molar-refractivity contribution in [2.45, 2.75) is 192 Å². The van der Waals surface area contributed by atoms with E-state index in [1.807, 2.05) is 0 Å². The van der Waals surface area contributed by atoms with E-state index >= 15 is 0 Å². The van der Waals surface area contributed by atoms with Crippen LogP contribution < -0.4 is 97.4 Å². The molecule has 0 saturated carbocycles. The van der Waals surface area contributed by atoms with E-state index < -0.39 is 236 Å². The number of imidazole rings is 1. The van der Waals surface area contributed by atoms with Crippen LogP contribution >= 0.6 is 25.3 Å². The summed E-state index contributed by atoms with van der Waals surface area (Å²) in [5, 5.41) is 62.6. The molecule has 0 unspecified atom stereocenters. The van der Waals surface area contributed by atoms with Gasteiger partial charge in [0.05, 0.1) is 38.4 Å². The number of nitrogens with two attached hydrogens (primary N) is 4. The smallest absolute Gasteiger partial charge is 0.305 e. The standard InChI is InChI=1S/C59H97N21O21S2/c1-25(2)14-34(53(96)75-36(16-31-19-64-24-68-31)55(98)76-37(17-41(60)83)56(99)74-35(15-26(3)4)54(97)79-39(22-102)49(92)67-21-43(85)66-20-42(61)84)73-48(91)28(6)70-52(95)38(18-45(88)89)77-50(93)32(10-9-13-65-59(62)63)71-51(94)33(11-12-44(86)87)72-58(101)46(29(7)81)80-57(100)40(23-103)78-47(90)27(5)69-30(8)82/h19,24-29,32-40,46,81,102-103H,9-18,20-23H2,1-8H3,(H2,60,83)(H2,61,84)(H,64,68)(H,66,85)(H,67,92)(H,69,82)(H,70,95)(H,71,94)(H,72,101)(H,73,91)(H,74,99)(H,75,96)(H,76,98)(H,77,93)(H,78,90)(H,79,97)(H,80,100)(H,86,87)(H,88,89)(H4,62,63,65)/t27-,28-,29+,32-,33-,34-,35-,36-,37-,38-,39-,40-,46-/m0/s1. The number of nitrogens with one attached hydrogen (secondary N) is 15. The first-order chi connectivity index (χ1) is 48.1. The number of thiol groups is 2. The number of hydrogen-bond donors (Lipinski definition) is 24. The van der Waals surface area contributed by atoms with Crippen LogP contribution in [0.1, 0.15) is 112 Å². The highest BCUT2D eigenvalue weighted by molar-refractivity contribution is 7.80. The molecule has 16 amide bonds. The van der Waals surface area contributed by atoms with Gasteiger partial charge in [-0.1, -0.05) is 27.7 Å². The van der Waals surface area contributed by atoms with Crippen molar-refractivity contribution in [3.05, 3.63) is 18.2 Å². The van der Waals surface area contributed by atoms with E-state index in [4.69, 9.17) is 22.9 Å². The molecule has 0 radical (unpaired) electrons. The zero-order valence-electron chi connectivity index (χ0n) is 58.0. The first-order valence-corrected chi connectivity index (χ1v) is 33.4. The normalized spacial score (nSPS) is 14.7. The van der Waals surface area contributed by atoms with Gasteiger partial charge in [0.25, 0.3) is 0 Å². The van der Waals surface area contributed by atoms with Gasteiger partial charge in [0.2, 0.25) is 94.5 Å². The number of aliphatic hydroxyl groups is 1. The van der Waals surface area contributed by atoms with Gasteiger partial charge in [-0.05, 0) is 64.7 Å². The topological polar surface area (TPSA) is 681 Å². The number of carbonyl (C=O) groups is 18. The summed E-state index contributed by atoms with van der Waals surface area (Å²) in [4.78, 5) is 247. The minimum atomic E-state index is -2.06. The molecule has 0 fully saturated rings. The van der Waals surface area contributed by atoms with Crippen LogP contribution in [0.4, 0.5) is 0 Å². The fraction of sp³-hybridized carbons (Fsp3) is 0.627. The third-order valence-corrected chi connectivity index (χ3v) is 15.1. The highest BCUT2D eigenvalue weighted by Crippen LogP contribution is 2.12. The molecule has 44 heteroatoms. The lowest BCUT2D eigenvalue weighted by molar-refractivity contribution is -0.142. The lowest BCUT2D eigenvalue weighted by Crippen LogP contribution is -2.62. The second kappa shape index (κ2) is 46.2. The molecule has 1 aromatic heterocycles. The molecule has 42 nitrogen and oxygen atoms in total. The number of nitrogens with zero attached hydrogens (tertiary/aromatic N) is 2. The van der Waals surface area contributed by atoms with Crippen molar-refractivity contribution in [3.63, 3.8) is 0 Å². The van der Waals surface area contributed by atoms with Gasteiger partial charge in [-0.25, -0.2) is 4.98 Å². The number of aliphatic imine (C=N–C) groups is 1. The van der Waals surface area contributed by atoms with Crippen LogP contribution in [0.5, 0.6) is 0 Å². The van der Waals surface area contributed by atoms with Crippen LogP contribution in [-0.2, 0) is 92.7 Å². The molecule has 0 bridgehead atoms. The van der Waals surface area contributed by atoms with E-state index in [9.17, 15) is 102 Å². The average Bonchev–Trinajstić information content (AvgIpc) is 1.15. The highest BCUT2D eigenvalue weighted by atomic mass is 32.1. The number of guanidine groups is 1.